The molecule has 1 heterocycles. The van der Waals surface area contributed by atoms with Gasteiger partial charge in [0.15, 0.2) is 5.76 Å². The van der Waals surface area contributed by atoms with Crippen molar-refractivity contribution in [1.82, 2.24) is 4.90 Å². The number of aliphatic carboxylic acids is 1. The Bertz CT molecular complexity index is 449. The van der Waals surface area contributed by atoms with Crippen molar-refractivity contribution in [3.63, 3.8) is 0 Å². The van der Waals surface area contributed by atoms with E-state index in [0.717, 1.165) is 12.8 Å². The molecule has 0 saturated heterocycles. The van der Waals surface area contributed by atoms with Crippen LogP contribution in [0.15, 0.2) is 16.5 Å². The zero-order valence-electron chi connectivity index (χ0n) is 10.1. The van der Waals surface area contributed by atoms with E-state index in [1.807, 2.05) is 0 Å². The lowest BCUT2D eigenvalue weighted by Crippen LogP contribution is -2.37. The zero-order valence-corrected chi connectivity index (χ0v) is 10.1. The van der Waals surface area contributed by atoms with Crippen LogP contribution in [0.4, 0.5) is 0 Å². The smallest absolute Gasteiger partial charge is 0.323 e. The fourth-order valence-electron chi connectivity index (χ4n) is 1.75. The zero-order chi connectivity index (χ0) is 13.1. The fourth-order valence-corrected chi connectivity index (χ4v) is 1.75. The highest BCUT2D eigenvalue weighted by molar-refractivity contribution is 5.93. The van der Waals surface area contributed by atoms with Crippen molar-refractivity contribution in [1.29, 1.82) is 0 Å². The number of hydrogen-bond acceptors (Lipinski definition) is 4. The second-order valence-electron chi connectivity index (χ2n) is 4.26. The van der Waals surface area contributed by atoms with Crippen LogP contribution in [0.25, 0.3) is 0 Å². The Balaban J connectivity index is 2.09. The quantitative estimate of drug-likeness (QED) is 0.821. The second-order valence-corrected chi connectivity index (χ2v) is 4.26. The van der Waals surface area contributed by atoms with Gasteiger partial charge in [0.25, 0.3) is 5.91 Å². The first-order chi connectivity index (χ1) is 8.61. The molecule has 0 bridgehead atoms. The molecule has 1 amide bonds. The minimum atomic E-state index is -1.01. The van der Waals surface area contributed by atoms with Gasteiger partial charge in [0.05, 0.1) is 0 Å². The Morgan fingerprint density at radius 1 is 1.50 bits per heavy atom. The Hall–Kier alpha value is -1.82. The van der Waals surface area contributed by atoms with Crippen molar-refractivity contribution in [2.24, 2.45) is 0 Å². The van der Waals surface area contributed by atoms with Gasteiger partial charge < -0.3 is 19.2 Å². The van der Waals surface area contributed by atoms with Gasteiger partial charge in [-0.05, 0) is 25.0 Å². The predicted molar refractivity (Wildman–Crippen MR) is 61.1 cm³/mol. The van der Waals surface area contributed by atoms with Crippen molar-refractivity contribution >= 4 is 11.9 Å². The van der Waals surface area contributed by atoms with Gasteiger partial charge in [0.1, 0.15) is 18.9 Å². The van der Waals surface area contributed by atoms with Crippen LogP contribution in [0.2, 0.25) is 0 Å². The molecular formula is C12H15NO5. The molecule has 6 heteroatoms. The van der Waals surface area contributed by atoms with Crippen LogP contribution < -0.4 is 0 Å². The molecule has 0 atom stereocenters. The van der Waals surface area contributed by atoms with E-state index in [4.69, 9.17) is 14.3 Å². The molecule has 0 aliphatic heterocycles. The van der Waals surface area contributed by atoms with Crippen molar-refractivity contribution < 1.29 is 23.8 Å². The minimum absolute atomic E-state index is 0.0320. The molecule has 18 heavy (non-hydrogen) atoms. The van der Waals surface area contributed by atoms with Crippen LogP contribution in [-0.2, 0) is 16.1 Å². The van der Waals surface area contributed by atoms with Gasteiger partial charge >= 0.3 is 5.97 Å². The maximum Gasteiger partial charge on any atom is 0.323 e. The summed E-state index contributed by atoms with van der Waals surface area (Å²) in [7, 11) is 1.53. The molecule has 1 N–H and O–H groups in total. The van der Waals surface area contributed by atoms with Crippen LogP contribution in [0, 0.1) is 0 Å². The third-order valence-electron chi connectivity index (χ3n) is 2.71. The van der Waals surface area contributed by atoms with E-state index in [1.165, 1.54) is 12.0 Å². The summed E-state index contributed by atoms with van der Waals surface area (Å²) in [6.45, 7) is -0.000545. The normalized spacial score (nSPS) is 14.5. The highest BCUT2D eigenvalue weighted by atomic mass is 16.5. The molecule has 98 valence electrons. The first kappa shape index (κ1) is 12.6. The summed E-state index contributed by atoms with van der Waals surface area (Å²) in [5, 5.41) is 8.80. The van der Waals surface area contributed by atoms with E-state index in [-0.39, 0.29) is 30.9 Å². The van der Waals surface area contributed by atoms with Gasteiger partial charge in [-0.3, -0.25) is 9.59 Å². The van der Waals surface area contributed by atoms with E-state index in [2.05, 4.69) is 0 Å². The summed E-state index contributed by atoms with van der Waals surface area (Å²) in [6.07, 6.45) is 1.70. The first-order valence-electron chi connectivity index (χ1n) is 5.72. The summed E-state index contributed by atoms with van der Waals surface area (Å²) >= 11 is 0. The molecule has 1 aliphatic rings. The van der Waals surface area contributed by atoms with Crippen molar-refractivity contribution in [3.8, 4) is 0 Å². The van der Waals surface area contributed by atoms with Crippen LogP contribution in [0.3, 0.4) is 0 Å². The minimum Gasteiger partial charge on any atom is -0.480 e. The molecule has 1 aromatic heterocycles. The molecule has 1 saturated carbocycles. The lowest BCUT2D eigenvalue weighted by molar-refractivity contribution is -0.137. The monoisotopic (exact) mass is 253 g/mol. The number of hydrogen-bond donors (Lipinski definition) is 1. The number of methoxy groups -OCH3 is 1. The number of amides is 1. The second kappa shape index (κ2) is 5.22. The van der Waals surface area contributed by atoms with Crippen molar-refractivity contribution in [2.75, 3.05) is 13.7 Å². The third kappa shape index (κ3) is 2.89. The predicted octanol–water partition coefficient (Wildman–Crippen LogP) is 1.12. The van der Waals surface area contributed by atoms with Crippen molar-refractivity contribution in [3.05, 3.63) is 23.7 Å². The molecule has 6 nitrogen and oxygen atoms in total. The van der Waals surface area contributed by atoms with E-state index in [0.29, 0.717) is 5.76 Å². The number of nitrogens with zero attached hydrogens (tertiary/aromatic N) is 1. The highest BCUT2D eigenvalue weighted by Crippen LogP contribution is 2.28. The molecule has 1 aromatic rings. The van der Waals surface area contributed by atoms with Gasteiger partial charge in [-0.1, -0.05) is 0 Å². The summed E-state index contributed by atoms with van der Waals surface area (Å²) in [5.41, 5.74) is 0. The number of carbonyl (C=O) groups is 2. The average molecular weight is 253 g/mol. The van der Waals surface area contributed by atoms with Gasteiger partial charge in [0.2, 0.25) is 0 Å². The summed E-state index contributed by atoms with van der Waals surface area (Å²) in [4.78, 5) is 24.2. The molecule has 1 aliphatic carbocycles. The number of rotatable bonds is 6. The van der Waals surface area contributed by atoms with E-state index in [9.17, 15) is 9.59 Å². The van der Waals surface area contributed by atoms with Gasteiger partial charge in [-0.15, -0.1) is 0 Å². The average Bonchev–Trinajstić information content (AvgIpc) is 3.06. The van der Waals surface area contributed by atoms with E-state index < -0.39 is 5.97 Å². The lowest BCUT2D eigenvalue weighted by atomic mass is 10.3. The molecule has 0 spiro atoms. The van der Waals surface area contributed by atoms with Crippen LogP contribution in [-0.4, -0.2) is 41.6 Å². The number of ether oxygens (including phenoxy) is 1. The maximum absolute atomic E-state index is 12.1. The Morgan fingerprint density at radius 2 is 2.22 bits per heavy atom. The first-order valence-corrected chi connectivity index (χ1v) is 5.72. The molecule has 0 aromatic carbocycles. The van der Waals surface area contributed by atoms with Crippen LogP contribution >= 0.6 is 0 Å². The Morgan fingerprint density at radius 3 is 2.78 bits per heavy atom. The number of carboxylic acid groups (broad SMARTS) is 1. The number of carboxylic acids is 1. The SMILES string of the molecule is COCc1ccc(C(=O)N(CC(=O)O)C2CC2)o1. The lowest BCUT2D eigenvalue weighted by Gasteiger charge is -2.18. The topological polar surface area (TPSA) is 80.0 Å². The maximum atomic E-state index is 12.1. The molecular weight excluding hydrogens is 238 g/mol. The van der Waals surface area contributed by atoms with Crippen LogP contribution in [0.5, 0.6) is 0 Å². The van der Waals surface area contributed by atoms with Crippen molar-refractivity contribution in [2.45, 2.75) is 25.5 Å². The van der Waals surface area contributed by atoms with Crippen LogP contribution in [0.1, 0.15) is 29.2 Å². The molecule has 0 radical (unpaired) electrons. The Kier molecular flexibility index (Phi) is 3.66. The molecule has 2 rings (SSSR count). The highest BCUT2D eigenvalue weighted by Gasteiger charge is 2.35. The molecule has 0 unspecified atom stereocenters. The van der Waals surface area contributed by atoms with Gasteiger partial charge in [0, 0.05) is 13.2 Å². The number of furan rings is 1. The van der Waals surface area contributed by atoms with E-state index in [1.54, 1.807) is 12.1 Å². The summed E-state index contributed by atoms with van der Waals surface area (Å²) in [6, 6.07) is 3.24. The molecule has 1 fully saturated rings. The van der Waals surface area contributed by atoms with Gasteiger partial charge in [-0.2, -0.15) is 0 Å². The largest absolute Gasteiger partial charge is 0.480 e. The van der Waals surface area contributed by atoms with Gasteiger partial charge in [-0.25, -0.2) is 0 Å². The standard InChI is InChI=1S/C12H15NO5/c1-17-7-9-4-5-10(18-9)12(16)13(6-11(14)15)8-2-3-8/h4-5,8H,2-3,6-7H2,1H3,(H,14,15). The fraction of sp³-hybridized carbons (Fsp3) is 0.500. The summed E-state index contributed by atoms with van der Waals surface area (Å²) < 4.78 is 10.2. The third-order valence-corrected chi connectivity index (χ3v) is 2.71. The Labute approximate surface area is 104 Å². The number of carbonyl (C=O) groups excluding carboxylic acids is 1. The van der Waals surface area contributed by atoms with E-state index >= 15 is 0 Å². The summed E-state index contributed by atoms with van der Waals surface area (Å²) in [5.74, 6) is -0.678.